The highest BCUT2D eigenvalue weighted by molar-refractivity contribution is 5.91. The second kappa shape index (κ2) is 10.0. The zero-order valence-electron chi connectivity index (χ0n) is 18.4. The van der Waals surface area contributed by atoms with Crippen LogP contribution in [0.15, 0.2) is 42.5 Å². The Bertz CT molecular complexity index is 881. The largest absolute Gasteiger partial charge is 0.497 e. The van der Waals surface area contributed by atoms with Crippen LogP contribution in [0.25, 0.3) is 0 Å². The van der Waals surface area contributed by atoms with Crippen molar-refractivity contribution < 1.29 is 23.9 Å². The minimum absolute atomic E-state index is 0.0304. The maximum Gasteiger partial charge on any atom is 0.279 e. The van der Waals surface area contributed by atoms with Crippen LogP contribution in [-0.2, 0) is 9.53 Å². The van der Waals surface area contributed by atoms with E-state index in [0.717, 1.165) is 74.1 Å². The van der Waals surface area contributed by atoms with Crippen LogP contribution < -0.4 is 24.6 Å². The SMILES string of the molecule is COc1ccc(OC)c([C@@H]2CCC[NH+]2CC(=O)Nc2ccc(N3CCOCC3)cc2)c1. The van der Waals surface area contributed by atoms with Gasteiger partial charge in [0.05, 0.1) is 39.5 Å². The molecule has 0 aliphatic carbocycles. The summed E-state index contributed by atoms with van der Waals surface area (Å²) < 4.78 is 16.4. The molecule has 31 heavy (non-hydrogen) atoms. The number of carbonyl (C=O) groups is 1. The number of carbonyl (C=O) groups excluding carboxylic acids is 1. The van der Waals surface area contributed by atoms with Gasteiger partial charge >= 0.3 is 0 Å². The molecular formula is C24H32N3O4+. The third kappa shape index (κ3) is 5.11. The van der Waals surface area contributed by atoms with Crippen molar-refractivity contribution in [1.29, 1.82) is 0 Å². The molecule has 4 rings (SSSR count). The Morgan fingerprint density at radius 2 is 1.90 bits per heavy atom. The molecule has 1 unspecified atom stereocenters. The first kappa shape index (κ1) is 21.5. The summed E-state index contributed by atoms with van der Waals surface area (Å²) in [7, 11) is 3.36. The molecule has 0 spiro atoms. The molecule has 7 heteroatoms. The summed E-state index contributed by atoms with van der Waals surface area (Å²) in [5.41, 5.74) is 3.10. The fourth-order valence-electron chi connectivity index (χ4n) is 4.60. The van der Waals surface area contributed by atoms with Crippen molar-refractivity contribution in [3.8, 4) is 11.5 Å². The molecular weight excluding hydrogens is 394 g/mol. The fourth-order valence-corrected chi connectivity index (χ4v) is 4.60. The molecule has 7 nitrogen and oxygen atoms in total. The minimum Gasteiger partial charge on any atom is -0.497 e. The lowest BCUT2D eigenvalue weighted by atomic mass is 10.0. The summed E-state index contributed by atoms with van der Waals surface area (Å²) in [6.45, 7) is 4.72. The Morgan fingerprint density at radius 1 is 1.13 bits per heavy atom. The van der Waals surface area contributed by atoms with E-state index >= 15 is 0 Å². The van der Waals surface area contributed by atoms with Crippen LogP contribution in [0.5, 0.6) is 11.5 Å². The normalized spacial score (nSPS) is 21.0. The molecule has 2 aromatic carbocycles. The summed E-state index contributed by atoms with van der Waals surface area (Å²) in [5, 5.41) is 3.06. The maximum atomic E-state index is 12.8. The molecule has 0 bridgehead atoms. The van der Waals surface area contributed by atoms with Gasteiger partial charge in [0, 0.05) is 37.3 Å². The highest BCUT2D eigenvalue weighted by Crippen LogP contribution is 2.31. The van der Waals surface area contributed by atoms with Crippen molar-refractivity contribution in [2.75, 3.05) is 63.8 Å². The molecule has 2 aliphatic rings. The summed E-state index contributed by atoms with van der Waals surface area (Å²) in [6, 6.07) is 14.2. The number of quaternary nitrogens is 1. The van der Waals surface area contributed by atoms with E-state index in [0.29, 0.717) is 6.54 Å². The number of benzene rings is 2. The van der Waals surface area contributed by atoms with E-state index in [1.54, 1.807) is 14.2 Å². The second-order valence-electron chi connectivity index (χ2n) is 8.08. The predicted octanol–water partition coefficient (Wildman–Crippen LogP) is 1.90. The molecule has 2 atom stereocenters. The lowest BCUT2D eigenvalue weighted by Gasteiger charge is -2.29. The second-order valence-corrected chi connectivity index (χ2v) is 8.08. The first-order valence-electron chi connectivity index (χ1n) is 11.0. The molecule has 166 valence electrons. The number of methoxy groups -OCH3 is 2. The van der Waals surface area contributed by atoms with Crippen molar-refractivity contribution in [2.45, 2.75) is 18.9 Å². The average Bonchev–Trinajstić information content (AvgIpc) is 3.27. The van der Waals surface area contributed by atoms with Gasteiger partial charge in [0.1, 0.15) is 17.5 Å². The Labute approximate surface area is 183 Å². The zero-order valence-corrected chi connectivity index (χ0v) is 18.4. The molecule has 2 aliphatic heterocycles. The first-order chi connectivity index (χ1) is 15.2. The molecule has 2 saturated heterocycles. The van der Waals surface area contributed by atoms with E-state index in [2.05, 4.69) is 22.3 Å². The van der Waals surface area contributed by atoms with E-state index in [1.165, 1.54) is 4.90 Å². The third-order valence-corrected chi connectivity index (χ3v) is 6.21. The van der Waals surface area contributed by atoms with Gasteiger partial charge in [-0.2, -0.15) is 0 Å². The van der Waals surface area contributed by atoms with Crippen LogP contribution in [0.2, 0.25) is 0 Å². The highest BCUT2D eigenvalue weighted by atomic mass is 16.5. The molecule has 2 N–H and O–H groups in total. The summed E-state index contributed by atoms with van der Waals surface area (Å²) in [5.74, 6) is 1.69. The Balaban J connectivity index is 1.39. The number of rotatable bonds is 7. The Kier molecular flexibility index (Phi) is 6.94. The van der Waals surface area contributed by atoms with E-state index in [9.17, 15) is 4.79 Å². The van der Waals surface area contributed by atoms with Crippen LogP contribution in [0, 0.1) is 0 Å². The van der Waals surface area contributed by atoms with Gasteiger partial charge in [0.25, 0.3) is 5.91 Å². The van der Waals surface area contributed by atoms with Gasteiger partial charge in [0.2, 0.25) is 0 Å². The van der Waals surface area contributed by atoms with Gasteiger partial charge < -0.3 is 29.3 Å². The number of likely N-dealkylation sites (tertiary alicyclic amines) is 1. The van der Waals surface area contributed by atoms with Crippen molar-refractivity contribution in [3.05, 3.63) is 48.0 Å². The van der Waals surface area contributed by atoms with Crippen molar-refractivity contribution in [2.24, 2.45) is 0 Å². The molecule has 0 saturated carbocycles. The quantitative estimate of drug-likeness (QED) is 0.708. The number of nitrogens with one attached hydrogen (secondary N) is 2. The molecule has 2 aromatic rings. The number of morpholine rings is 1. The fraction of sp³-hybridized carbons (Fsp3) is 0.458. The van der Waals surface area contributed by atoms with Crippen LogP contribution in [0.1, 0.15) is 24.4 Å². The van der Waals surface area contributed by atoms with Crippen LogP contribution in [0.4, 0.5) is 11.4 Å². The zero-order chi connectivity index (χ0) is 21.6. The number of hydrogen-bond donors (Lipinski definition) is 2. The summed E-state index contributed by atoms with van der Waals surface area (Å²) in [4.78, 5) is 16.4. The van der Waals surface area contributed by atoms with Gasteiger partial charge in [0.15, 0.2) is 6.54 Å². The smallest absolute Gasteiger partial charge is 0.279 e. The highest BCUT2D eigenvalue weighted by Gasteiger charge is 2.34. The van der Waals surface area contributed by atoms with E-state index in [4.69, 9.17) is 14.2 Å². The number of amides is 1. The first-order valence-corrected chi connectivity index (χ1v) is 11.0. The van der Waals surface area contributed by atoms with Gasteiger partial charge in [-0.3, -0.25) is 4.79 Å². The number of ether oxygens (including phenoxy) is 3. The van der Waals surface area contributed by atoms with Crippen LogP contribution >= 0.6 is 0 Å². The monoisotopic (exact) mass is 426 g/mol. The van der Waals surface area contributed by atoms with Gasteiger partial charge in [-0.25, -0.2) is 0 Å². The number of hydrogen-bond acceptors (Lipinski definition) is 5. The summed E-state index contributed by atoms with van der Waals surface area (Å²) >= 11 is 0. The number of anilines is 2. The predicted molar refractivity (Wildman–Crippen MR) is 120 cm³/mol. The van der Waals surface area contributed by atoms with Crippen molar-refractivity contribution in [1.82, 2.24) is 0 Å². The maximum absolute atomic E-state index is 12.8. The van der Waals surface area contributed by atoms with Gasteiger partial charge in [-0.1, -0.05) is 0 Å². The lowest BCUT2D eigenvalue weighted by molar-refractivity contribution is -0.910. The van der Waals surface area contributed by atoms with Gasteiger partial charge in [-0.15, -0.1) is 0 Å². The molecule has 1 amide bonds. The van der Waals surface area contributed by atoms with Crippen molar-refractivity contribution >= 4 is 17.3 Å². The Hall–Kier alpha value is -2.77. The van der Waals surface area contributed by atoms with Crippen LogP contribution in [-0.4, -0.2) is 59.5 Å². The van der Waals surface area contributed by atoms with Gasteiger partial charge in [-0.05, 0) is 42.5 Å². The van der Waals surface area contributed by atoms with E-state index in [1.807, 2.05) is 30.3 Å². The average molecular weight is 427 g/mol. The summed E-state index contributed by atoms with van der Waals surface area (Å²) in [6.07, 6.45) is 2.11. The van der Waals surface area contributed by atoms with Crippen molar-refractivity contribution in [3.63, 3.8) is 0 Å². The van der Waals surface area contributed by atoms with E-state index < -0.39 is 0 Å². The minimum atomic E-state index is 0.0304. The van der Waals surface area contributed by atoms with E-state index in [-0.39, 0.29) is 11.9 Å². The molecule has 0 radical (unpaired) electrons. The van der Waals surface area contributed by atoms with Crippen LogP contribution in [0.3, 0.4) is 0 Å². The molecule has 2 fully saturated rings. The molecule has 2 heterocycles. The number of nitrogens with zero attached hydrogens (tertiary/aromatic N) is 1. The Morgan fingerprint density at radius 3 is 2.61 bits per heavy atom. The standard InChI is InChI=1S/C24H31N3O4/c1-29-20-9-10-23(30-2)21(16-20)22-4-3-11-27(22)17-24(28)25-18-5-7-19(8-6-18)26-12-14-31-15-13-26/h5-10,16,22H,3-4,11-15,17H2,1-2H3,(H,25,28)/p+1/t22-/m0/s1. The topological polar surface area (TPSA) is 64.5 Å². The lowest BCUT2D eigenvalue weighted by Crippen LogP contribution is -3.11. The molecule has 0 aromatic heterocycles. The third-order valence-electron chi connectivity index (χ3n) is 6.21.